The van der Waals surface area contributed by atoms with E-state index in [0.29, 0.717) is 16.0 Å². The van der Waals surface area contributed by atoms with Crippen molar-refractivity contribution in [1.29, 1.82) is 0 Å². The number of aromatic nitrogens is 3. The molecule has 0 unspecified atom stereocenters. The number of carbonyl (C=O) groups is 1. The predicted molar refractivity (Wildman–Crippen MR) is 90.0 cm³/mol. The van der Waals surface area contributed by atoms with Gasteiger partial charge in [-0.1, -0.05) is 35.5 Å². The Morgan fingerprint density at radius 3 is 2.59 bits per heavy atom. The van der Waals surface area contributed by atoms with Crippen LogP contribution in [0.3, 0.4) is 0 Å². The second-order valence-corrected chi connectivity index (χ2v) is 6.98. The molecule has 118 valence electrons. The van der Waals surface area contributed by atoms with E-state index in [1.807, 2.05) is 56.7 Å². The molecule has 0 aliphatic heterocycles. The first-order chi connectivity index (χ1) is 10.4. The van der Waals surface area contributed by atoms with Crippen molar-refractivity contribution < 1.29 is 4.79 Å². The third kappa shape index (κ3) is 3.81. The number of amides is 1. The lowest BCUT2D eigenvalue weighted by molar-refractivity contribution is -0.120. The summed E-state index contributed by atoms with van der Waals surface area (Å²) in [6, 6.07) is 7.61. The van der Waals surface area contributed by atoms with Crippen LogP contribution in [0.15, 0.2) is 29.4 Å². The summed E-state index contributed by atoms with van der Waals surface area (Å²) >= 11 is 7.58. The normalized spacial score (nSPS) is 12.5. The molecule has 0 saturated carbocycles. The molecule has 0 aliphatic carbocycles. The van der Waals surface area contributed by atoms with Crippen molar-refractivity contribution in [3.63, 3.8) is 0 Å². The van der Waals surface area contributed by atoms with Crippen LogP contribution in [0, 0.1) is 0 Å². The van der Waals surface area contributed by atoms with E-state index in [1.54, 1.807) is 0 Å². The molecule has 22 heavy (non-hydrogen) atoms. The van der Waals surface area contributed by atoms with Gasteiger partial charge in [0.25, 0.3) is 0 Å². The highest BCUT2D eigenvalue weighted by Gasteiger charge is 2.20. The van der Waals surface area contributed by atoms with Crippen molar-refractivity contribution in [2.75, 3.05) is 0 Å². The van der Waals surface area contributed by atoms with Gasteiger partial charge in [-0.15, -0.1) is 10.2 Å². The molecule has 0 bridgehead atoms. The van der Waals surface area contributed by atoms with Gasteiger partial charge in [0.05, 0.1) is 10.3 Å². The topological polar surface area (TPSA) is 59.8 Å². The number of thioether (sulfide) groups is 1. The molecular weight excluding hydrogens is 320 g/mol. The van der Waals surface area contributed by atoms with Crippen LogP contribution >= 0.6 is 23.4 Å². The third-order valence-electron chi connectivity index (χ3n) is 3.03. The van der Waals surface area contributed by atoms with Gasteiger partial charge in [-0.05, 0) is 32.9 Å². The van der Waals surface area contributed by atoms with Crippen LogP contribution in [0.25, 0.3) is 11.4 Å². The van der Waals surface area contributed by atoms with Gasteiger partial charge in [0.2, 0.25) is 5.91 Å². The number of halogens is 1. The minimum absolute atomic E-state index is 0.0118. The molecule has 7 heteroatoms. The zero-order valence-electron chi connectivity index (χ0n) is 13.0. The second kappa shape index (κ2) is 7.15. The lowest BCUT2D eigenvalue weighted by Crippen LogP contribution is -2.36. The van der Waals surface area contributed by atoms with E-state index >= 15 is 0 Å². The summed E-state index contributed by atoms with van der Waals surface area (Å²) in [5.41, 5.74) is 0.824. The van der Waals surface area contributed by atoms with Gasteiger partial charge in [-0.25, -0.2) is 0 Å². The standard InChI is InChI=1S/C15H19ClN4OS/c1-9(2)17-14(21)10(3)22-15-19-18-13(20(15)4)11-7-5-6-8-12(11)16/h5-10H,1-4H3,(H,17,21)/t10-/m1/s1. The van der Waals surface area contributed by atoms with Crippen molar-refractivity contribution >= 4 is 29.3 Å². The monoisotopic (exact) mass is 338 g/mol. The van der Waals surface area contributed by atoms with Gasteiger partial charge < -0.3 is 9.88 Å². The molecule has 0 saturated heterocycles. The average molecular weight is 339 g/mol. The summed E-state index contributed by atoms with van der Waals surface area (Å²) in [4.78, 5) is 12.0. The van der Waals surface area contributed by atoms with Crippen molar-refractivity contribution in [3.8, 4) is 11.4 Å². The molecular formula is C15H19ClN4OS. The smallest absolute Gasteiger partial charge is 0.233 e. The summed E-state index contributed by atoms with van der Waals surface area (Å²) in [5, 5.41) is 12.3. The Hall–Kier alpha value is -1.53. The first kappa shape index (κ1) is 16.8. The molecule has 5 nitrogen and oxygen atoms in total. The summed E-state index contributed by atoms with van der Waals surface area (Å²) in [7, 11) is 1.87. The van der Waals surface area contributed by atoms with E-state index in [1.165, 1.54) is 11.8 Å². The number of carbonyl (C=O) groups excluding carboxylic acids is 1. The highest BCUT2D eigenvalue weighted by atomic mass is 35.5. The number of hydrogen-bond donors (Lipinski definition) is 1. The summed E-state index contributed by atoms with van der Waals surface area (Å²) < 4.78 is 1.85. The fraction of sp³-hybridized carbons (Fsp3) is 0.400. The zero-order valence-corrected chi connectivity index (χ0v) is 14.6. The van der Waals surface area contributed by atoms with E-state index in [0.717, 1.165) is 5.56 Å². The minimum atomic E-state index is -0.246. The molecule has 1 aromatic heterocycles. The Balaban J connectivity index is 2.18. The Morgan fingerprint density at radius 2 is 1.95 bits per heavy atom. The maximum absolute atomic E-state index is 12.0. The maximum atomic E-state index is 12.0. The van der Waals surface area contributed by atoms with Crippen molar-refractivity contribution in [2.45, 2.75) is 37.2 Å². The number of hydrogen-bond acceptors (Lipinski definition) is 4. The van der Waals surface area contributed by atoms with Crippen LogP contribution in [0.1, 0.15) is 20.8 Å². The van der Waals surface area contributed by atoms with Gasteiger partial charge in [0.1, 0.15) is 0 Å². The minimum Gasteiger partial charge on any atom is -0.353 e. The molecule has 0 aliphatic rings. The predicted octanol–water partition coefficient (Wildman–Crippen LogP) is 3.14. The van der Waals surface area contributed by atoms with Gasteiger partial charge in [-0.3, -0.25) is 4.79 Å². The van der Waals surface area contributed by atoms with E-state index in [-0.39, 0.29) is 17.2 Å². The molecule has 0 fully saturated rings. The lowest BCUT2D eigenvalue weighted by Gasteiger charge is -2.13. The molecule has 1 heterocycles. The van der Waals surface area contributed by atoms with Gasteiger partial charge in [-0.2, -0.15) is 0 Å². The third-order valence-corrected chi connectivity index (χ3v) is 4.50. The largest absolute Gasteiger partial charge is 0.353 e. The van der Waals surface area contributed by atoms with Crippen LogP contribution < -0.4 is 5.32 Å². The number of rotatable bonds is 5. The summed E-state index contributed by atoms with van der Waals surface area (Å²) in [5.74, 6) is 0.673. The second-order valence-electron chi connectivity index (χ2n) is 5.27. The molecule has 0 radical (unpaired) electrons. The maximum Gasteiger partial charge on any atom is 0.233 e. The van der Waals surface area contributed by atoms with Crippen LogP contribution in [-0.4, -0.2) is 32.0 Å². The molecule has 0 spiro atoms. The zero-order chi connectivity index (χ0) is 16.3. The quantitative estimate of drug-likeness (QED) is 0.851. The number of nitrogens with zero attached hydrogens (tertiary/aromatic N) is 3. The van der Waals surface area contributed by atoms with Crippen LogP contribution in [-0.2, 0) is 11.8 Å². The highest BCUT2D eigenvalue weighted by Crippen LogP contribution is 2.29. The fourth-order valence-corrected chi connectivity index (χ4v) is 2.95. The highest BCUT2D eigenvalue weighted by molar-refractivity contribution is 8.00. The molecule has 1 N–H and O–H groups in total. The van der Waals surface area contributed by atoms with Gasteiger partial charge in [0.15, 0.2) is 11.0 Å². The first-order valence-corrected chi connectivity index (χ1v) is 8.27. The fourth-order valence-electron chi connectivity index (χ4n) is 1.91. The Kier molecular flexibility index (Phi) is 5.47. The van der Waals surface area contributed by atoms with Crippen molar-refractivity contribution in [3.05, 3.63) is 29.3 Å². The van der Waals surface area contributed by atoms with Gasteiger partial charge in [0, 0.05) is 18.7 Å². The van der Waals surface area contributed by atoms with Crippen molar-refractivity contribution in [1.82, 2.24) is 20.1 Å². The molecule has 2 rings (SSSR count). The van der Waals surface area contributed by atoms with E-state index in [4.69, 9.17) is 11.6 Å². The lowest BCUT2D eigenvalue weighted by atomic mass is 10.2. The molecule has 1 aromatic carbocycles. The Morgan fingerprint density at radius 1 is 1.27 bits per heavy atom. The van der Waals surface area contributed by atoms with Crippen LogP contribution in [0.2, 0.25) is 5.02 Å². The number of benzene rings is 1. The average Bonchev–Trinajstić information content (AvgIpc) is 2.80. The Bertz CT molecular complexity index is 671. The van der Waals surface area contributed by atoms with Crippen LogP contribution in [0.5, 0.6) is 0 Å². The van der Waals surface area contributed by atoms with Crippen LogP contribution in [0.4, 0.5) is 0 Å². The van der Waals surface area contributed by atoms with E-state index in [9.17, 15) is 4.79 Å². The van der Waals surface area contributed by atoms with E-state index < -0.39 is 0 Å². The SMILES string of the molecule is CC(C)NC(=O)[C@@H](C)Sc1nnc(-c2ccccc2Cl)n1C. The molecule has 1 atom stereocenters. The molecule has 1 amide bonds. The summed E-state index contributed by atoms with van der Waals surface area (Å²) in [6.07, 6.45) is 0. The molecule has 2 aromatic rings. The Labute approximate surface area is 139 Å². The summed E-state index contributed by atoms with van der Waals surface area (Å²) in [6.45, 7) is 5.73. The first-order valence-electron chi connectivity index (χ1n) is 7.01. The van der Waals surface area contributed by atoms with E-state index in [2.05, 4.69) is 15.5 Å². The van der Waals surface area contributed by atoms with Gasteiger partial charge >= 0.3 is 0 Å². The van der Waals surface area contributed by atoms with Crippen molar-refractivity contribution in [2.24, 2.45) is 7.05 Å². The number of nitrogens with one attached hydrogen (secondary N) is 1.